The number of hydrogen-bond acceptors (Lipinski definition) is 5. The van der Waals surface area contributed by atoms with Gasteiger partial charge in [-0.05, 0) is 32.8 Å². The summed E-state index contributed by atoms with van der Waals surface area (Å²) < 4.78 is 0. The van der Waals surface area contributed by atoms with Crippen molar-refractivity contribution in [2.75, 3.05) is 25.0 Å². The van der Waals surface area contributed by atoms with Crippen molar-refractivity contribution in [3.05, 3.63) is 24.0 Å². The van der Waals surface area contributed by atoms with Crippen LogP contribution in [0.2, 0.25) is 0 Å². The van der Waals surface area contributed by atoms with E-state index >= 15 is 0 Å². The molecule has 0 bridgehead atoms. The van der Waals surface area contributed by atoms with Gasteiger partial charge >= 0.3 is 0 Å². The molecule has 2 aliphatic heterocycles. The zero-order valence-electron chi connectivity index (χ0n) is 15.1. The third-order valence-electron chi connectivity index (χ3n) is 5.26. The van der Waals surface area contributed by atoms with Crippen molar-refractivity contribution in [3.63, 3.8) is 0 Å². The summed E-state index contributed by atoms with van der Waals surface area (Å²) in [6, 6.07) is 2.08. The number of piperidine rings is 1. The Hall–Kier alpha value is -2.55. The van der Waals surface area contributed by atoms with Gasteiger partial charge < -0.3 is 10.6 Å². The minimum Gasteiger partial charge on any atom is -0.370 e. The summed E-state index contributed by atoms with van der Waals surface area (Å²) in [5.41, 5.74) is 7.52. The van der Waals surface area contributed by atoms with E-state index in [4.69, 9.17) is 5.73 Å². The number of aromatic nitrogens is 1. The van der Waals surface area contributed by atoms with Crippen LogP contribution >= 0.6 is 0 Å². The van der Waals surface area contributed by atoms with Crippen LogP contribution in [0.1, 0.15) is 38.7 Å². The fourth-order valence-corrected chi connectivity index (χ4v) is 3.70. The largest absolute Gasteiger partial charge is 0.370 e. The lowest BCUT2D eigenvalue weighted by Crippen LogP contribution is -2.54. The minimum absolute atomic E-state index is 0.0361. The molecule has 0 radical (unpaired) electrons. The zero-order chi connectivity index (χ0) is 18.0. The zero-order valence-corrected chi connectivity index (χ0v) is 15.1. The molecule has 0 spiro atoms. The summed E-state index contributed by atoms with van der Waals surface area (Å²) in [5, 5.41) is 0. The van der Waals surface area contributed by atoms with Gasteiger partial charge in [-0.2, -0.15) is 0 Å². The van der Waals surface area contributed by atoms with E-state index in [0.29, 0.717) is 12.4 Å². The topological polar surface area (TPSA) is 74.8 Å². The van der Waals surface area contributed by atoms with E-state index in [9.17, 15) is 4.79 Å². The molecule has 1 saturated heterocycles. The monoisotopic (exact) mass is 339 g/mol. The van der Waals surface area contributed by atoms with E-state index in [0.717, 1.165) is 37.2 Å². The number of hydrogen-bond donors (Lipinski definition) is 1. The molecule has 3 rings (SSSR count). The average Bonchev–Trinajstić information content (AvgIpc) is 2.60. The normalized spacial score (nSPS) is 26.8. The lowest BCUT2D eigenvalue weighted by atomic mass is 9.77. The van der Waals surface area contributed by atoms with Crippen molar-refractivity contribution in [2.24, 2.45) is 16.6 Å². The molecule has 3 heterocycles. The van der Waals surface area contributed by atoms with Crippen LogP contribution in [0, 0.1) is 17.8 Å². The Balaban J connectivity index is 1.82. The molecule has 1 amide bonds. The van der Waals surface area contributed by atoms with Gasteiger partial charge in [-0.25, -0.2) is 4.99 Å². The summed E-state index contributed by atoms with van der Waals surface area (Å²) in [6.07, 6.45) is 6.17. The fraction of sp³-hybridized carbons (Fsp3) is 0.526. The van der Waals surface area contributed by atoms with Gasteiger partial charge in [0.25, 0.3) is 0 Å². The molecule has 1 aromatic heterocycles. The van der Waals surface area contributed by atoms with Gasteiger partial charge in [0.1, 0.15) is 0 Å². The predicted octanol–water partition coefficient (Wildman–Crippen LogP) is 1.60. The SMILES string of the molecule is CC#Cc1cncc(N2CCCC([C@]3(C)CC(=O)N(C)C(N)=N3)C2)c1. The number of amides is 1. The summed E-state index contributed by atoms with van der Waals surface area (Å²) in [4.78, 5) is 25.0. The van der Waals surface area contributed by atoms with E-state index in [-0.39, 0.29) is 11.8 Å². The van der Waals surface area contributed by atoms with E-state index in [2.05, 4.69) is 39.7 Å². The van der Waals surface area contributed by atoms with Gasteiger partial charge in [0, 0.05) is 37.8 Å². The number of nitrogens with zero attached hydrogens (tertiary/aromatic N) is 4. The van der Waals surface area contributed by atoms with Crippen LogP contribution < -0.4 is 10.6 Å². The van der Waals surface area contributed by atoms with E-state index < -0.39 is 5.54 Å². The van der Waals surface area contributed by atoms with Crippen LogP contribution in [-0.2, 0) is 4.79 Å². The molecule has 1 fully saturated rings. The molecule has 2 aliphatic rings. The maximum absolute atomic E-state index is 12.3. The second-order valence-electron chi connectivity index (χ2n) is 7.05. The highest BCUT2D eigenvalue weighted by atomic mass is 16.2. The van der Waals surface area contributed by atoms with Crippen LogP contribution in [0.5, 0.6) is 0 Å². The summed E-state index contributed by atoms with van der Waals surface area (Å²) in [6.45, 7) is 5.69. The van der Waals surface area contributed by atoms with Crippen molar-refractivity contribution in [1.29, 1.82) is 0 Å². The fourth-order valence-electron chi connectivity index (χ4n) is 3.70. The molecule has 0 aliphatic carbocycles. The van der Waals surface area contributed by atoms with Gasteiger partial charge in [0.15, 0.2) is 5.96 Å². The molecule has 0 saturated carbocycles. The number of nitrogens with two attached hydrogens (primary N) is 1. The summed E-state index contributed by atoms with van der Waals surface area (Å²) in [7, 11) is 1.68. The lowest BCUT2D eigenvalue weighted by Gasteiger charge is -2.44. The first-order valence-corrected chi connectivity index (χ1v) is 8.67. The Morgan fingerprint density at radius 3 is 2.92 bits per heavy atom. The highest BCUT2D eigenvalue weighted by molar-refractivity contribution is 5.98. The molecule has 1 aromatic rings. The molecule has 1 unspecified atom stereocenters. The molecule has 2 N–H and O–H groups in total. The second-order valence-corrected chi connectivity index (χ2v) is 7.05. The van der Waals surface area contributed by atoms with Gasteiger partial charge in [-0.3, -0.25) is 14.7 Å². The maximum atomic E-state index is 12.3. The Labute approximate surface area is 149 Å². The number of aliphatic imine (C=N–C) groups is 1. The van der Waals surface area contributed by atoms with Crippen LogP contribution in [0.15, 0.2) is 23.5 Å². The summed E-state index contributed by atoms with van der Waals surface area (Å²) >= 11 is 0. The number of carbonyl (C=O) groups excluding carboxylic acids is 1. The minimum atomic E-state index is -0.444. The Morgan fingerprint density at radius 2 is 2.20 bits per heavy atom. The number of rotatable bonds is 2. The van der Waals surface area contributed by atoms with Gasteiger partial charge in [0.05, 0.1) is 23.8 Å². The van der Waals surface area contributed by atoms with Gasteiger partial charge in [0.2, 0.25) is 5.91 Å². The van der Waals surface area contributed by atoms with Crippen molar-refractivity contribution in [2.45, 2.75) is 38.6 Å². The smallest absolute Gasteiger partial charge is 0.231 e. The van der Waals surface area contributed by atoms with Gasteiger partial charge in [-0.15, -0.1) is 5.92 Å². The third kappa shape index (κ3) is 3.46. The van der Waals surface area contributed by atoms with E-state index in [1.807, 2.05) is 13.1 Å². The van der Waals surface area contributed by atoms with Crippen molar-refractivity contribution < 1.29 is 4.79 Å². The highest BCUT2D eigenvalue weighted by Crippen LogP contribution is 2.36. The van der Waals surface area contributed by atoms with Crippen LogP contribution in [0.25, 0.3) is 0 Å². The molecule has 6 heteroatoms. The number of anilines is 1. The number of carbonyl (C=O) groups is 1. The van der Waals surface area contributed by atoms with Crippen LogP contribution in [0.4, 0.5) is 5.69 Å². The van der Waals surface area contributed by atoms with Crippen molar-refractivity contribution >= 4 is 17.6 Å². The Morgan fingerprint density at radius 1 is 1.40 bits per heavy atom. The first kappa shape index (κ1) is 17.3. The molecular formula is C19H25N5O. The van der Waals surface area contributed by atoms with E-state index in [1.165, 1.54) is 4.90 Å². The molecule has 25 heavy (non-hydrogen) atoms. The Bertz CT molecular complexity index is 763. The van der Waals surface area contributed by atoms with E-state index in [1.54, 1.807) is 13.2 Å². The van der Waals surface area contributed by atoms with Gasteiger partial charge in [-0.1, -0.05) is 5.92 Å². The third-order valence-corrected chi connectivity index (χ3v) is 5.26. The van der Waals surface area contributed by atoms with Crippen LogP contribution in [0.3, 0.4) is 0 Å². The average molecular weight is 339 g/mol. The molecule has 2 atom stereocenters. The quantitative estimate of drug-likeness (QED) is 0.831. The predicted molar refractivity (Wildman–Crippen MR) is 99.1 cm³/mol. The first-order valence-electron chi connectivity index (χ1n) is 8.67. The lowest BCUT2D eigenvalue weighted by molar-refractivity contribution is -0.129. The number of pyridine rings is 1. The molecular weight excluding hydrogens is 314 g/mol. The molecule has 132 valence electrons. The summed E-state index contributed by atoms with van der Waals surface area (Å²) in [5.74, 6) is 6.60. The number of guanidine groups is 1. The molecule has 0 aromatic carbocycles. The first-order chi connectivity index (χ1) is 11.9. The molecule has 6 nitrogen and oxygen atoms in total. The second kappa shape index (κ2) is 6.75. The standard InChI is InChI=1S/C19H25N5O/c1-4-6-14-9-16(12-21-11-14)24-8-5-7-15(13-24)19(2)10-17(25)23(3)18(20)22-19/h9,11-12,15H,5,7-8,10,13H2,1-3H3,(H2,20,22)/t15?,19-/m0/s1. The highest BCUT2D eigenvalue weighted by Gasteiger charge is 2.42. The Kier molecular flexibility index (Phi) is 4.67. The van der Waals surface area contributed by atoms with Crippen molar-refractivity contribution in [1.82, 2.24) is 9.88 Å². The maximum Gasteiger partial charge on any atom is 0.231 e. The van der Waals surface area contributed by atoms with Crippen LogP contribution in [-0.4, -0.2) is 47.4 Å². The van der Waals surface area contributed by atoms with Crippen molar-refractivity contribution in [3.8, 4) is 11.8 Å².